The Morgan fingerprint density at radius 2 is 2.00 bits per heavy atom. The first-order valence-corrected chi connectivity index (χ1v) is 8.41. The van der Waals surface area contributed by atoms with E-state index < -0.39 is 10.5 Å². The van der Waals surface area contributed by atoms with Crippen LogP contribution in [-0.4, -0.2) is 26.9 Å². The molecule has 138 valence electrons. The van der Waals surface area contributed by atoms with Crippen molar-refractivity contribution in [1.82, 2.24) is 14.9 Å². The Labute approximate surface area is 154 Å². The molecule has 1 heterocycles. The minimum absolute atomic E-state index is 0.108. The monoisotopic (exact) mass is 366 g/mol. The van der Waals surface area contributed by atoms with Gasteiger partial charge in [-0.1, -0.05) is 37.3 Å². The van der Waals surface area contributed by atoms with E-state index in [2.05, 4.69) is 10.3 Å². The molecular weight excluding hydrogens is 348 g/mol. The van der Waals surface area contributed by atoms with E-state index in [-0.39, 0.29) is 29.4 Å². The number of hydrogen-bond acceptors (Lipinski definition) is 5. The van der Waals surface area contributed by atoms with Crippen molar-refractivity contribution >= 4 is 22.5 Å². The van der Waals surface area contributed by atoms with Gasteiger partial charge in [-0.15, -0.1) is 0 Å². The van der Waals surface area contributed by atoms with Crippen LogP contribution < -0.4 is 10.9 Å². The van der Waals surface area contributed by atoms with Crippen LogP contribution in [-0.2, 0) is 11.3 Å². The Balaban J connectivity index is 1.72. The predicted molar refractivity (Wildman–Crippen MR) is 101 cm³/mol. The largest absolute Gasteiger partial charge is 0.354 e. The minimum Gasteiger partial charge on any atom is -0.354 e. The molecule has 0 saturated heterocycles. The summed E-state index contributed by atoms with van der Waals surface area (Å²) >= 11 is 0. The van der Waals surface area contributed by atoms with Gasteiger partial charge in [-0.2, -0.15) is 0 Å². The van der Waals surface area contributed by atoms with Gasteiger partial charge in [-0.05, 0) is 17.5 Å². The maximum absolute atomic E-state index is 12.5. The molecule has 3 rings (SSSR count). The van der Waals surface area contributed by atoms with Crippen molar-refractivity contribution in [1.29, 1.82) is 0 Å². The summed E-state index contributed by atoms with van der Waals surface area (Å²) < 4.78 is 1.15. The molecule has 0 aliphatic heterocycles. The summed E-state index contributed by atoms with van der Waals surface area (Å²) in [4.78, 5) is 39.1. The molecule has 27 heavy (non-hydrogen) atoms. The standard InChI is InChI=1S/C19H18N4O4/c1-13(14-5-3-2-4-6-14)10-20-18(24)11-22-12-21-17-8-7-15(23(26)27)9-16(17)19(22)25/h2-9,12-13H,10-11H2,1H3,(H,20,24)/t13-/m1/s1. The molecule has 0 saturated carbocycles. The SMILES string of the molecule is C[C@H](CNC(=O)Cn1cnc2ccc([N+](=O)[O-])cc2c1=O)c1ccccc1. The lowest BCUT2D eigenvalue weighted by Gasteiger charge is -2.13. The predicted octanol–water partition coefficient (Wildman–Crippen LogP) is 2.22. The molecule has 8 nitrogen and oxygen atoms in total. The quantitative estimate of drug-likeness (QED) is 0.532. The first kappa shape index (κ1) is 18.2. The Bertz CT molecular complexity index is 1050. The Kier molecular flexibility index (Phi) is 5.25. The molecule has 0 bridgehead atoms. The van der Waals surface area contributed by atoms with Gasteiger partial charge >= 0.3 is 0 Å². The second-order valence-electron chi connectivity index (χ2n) is 6.25. The van der Waals surface area contributed by atoms with Gasteiger partial charge in [0.05, 0.1) is 22.2 Å². The van der Waals surface area contributed by atoms with Crippen molar-refractivity contribution in [3.8, 4) is 0 Å². The number of carbonyl (C=O) groups excluding carboxylic acids is 1. The van der Waals surface area contributed by atoms with E-state index in [0.29, 0.717) is 12.1 Å². The number of nitrogens with one attached hydrogen (secondary N) is 1. The topological polar surface area (TPSA) is 107 Å². The number of nitrogens with zero attached hydrogens (tertiary/aromatic N) is 3. The van der Waals surface area contributed by atoms with E-state index in [1.54, 1.807) is 0 Å². The molecule has 3 aromatic rings. The number of rotatable bonds is 6. The third kappa shape index (κ3) is 4.17. The highest BCUT2D eigenvalue weighted by molar-refractivity contribution is 5.80. The molecule has 0 spiro atoms. The van der Waals surface area contributed by atoms with E-state index >= 15 is 0 Å². The maximum Gasteiger partial charge on any atom is 0.270 e. The summed E-state index contributed by atoms with van der Waals surface area (Å²) in [5.74, 6) is -0.198. The lowest BCUT2D eigenvalue weighted by atomic mass is 10.0. The van der Waals surface area contributed by atoms with Crippen LogP contribution in [0.2, 0.25) is 0 Å². The van der Waals surface area contributed by atoms with Gasteiger partial charge in [0.2, 0.25) is 5.91 Å². The number of hydrogen-bond donors (Lipinski definition) is 1. The summed E-state index contributed by atoms with van der Waals surface area (Å²) in [6.45, 7) is 2.23. The molecule has 0 unspecified atom stereocenters. The number of carbonyl (C=O) groups is 1. The third-order valence-electron chi connectivity index (χ3n) is 4.31. The average molecular weight is 366 g/mol. The Morgan fingerprint density at radius 1 is 1.26 bits per heavy atom. The summed E-state index contributed by atoms with van der Waals surface area (Å²) in [5, 5.41) is 13.8. The molecule has 0 aliphatic rings. The molecule has 1 aromatic heterocycles. The number of nitro groups is 1. The number of non-ortho nitro benzene ring substituents is 1. The molecule has 1 N–H and O–H groups in total. The zero-order valence-corrected chi connectivity index (χ0v) is 14.7. The second-order valence-corrected chi connectivity index (χ2v) is 6.25. The first-order chi connectivity index (χ1) is 13.0. The number of amides is 1. The van der Waals surface area contributed by atoms with Crippen molar-refractivity contribution in [2.24, 2.45) is 0 Å². The van der Waals surface area contributed by atoms with E-state index in [1.807, 2.05) is 37.3 Å². The summed E-state index contributed by atoms with van der Waals surface area (Å²) in [7, 11) is 0. The molecule has 0 aliphatic carbocycles. The van der Waals surface area contributed by atoms with Crippen LogP contribution in [0.5, 0.6) is 0 Å². The normalized spacial score (nSPS) is 11.9. The molecule has 0 fully saturated rings. The van der Waals surface area contributed by atoms with Gasteiger partial charge in [-0.25, -0.2) is 4.98 Å². The van der Waals surface area contributed by atoms with Crippen molar-refractivity contribution in [3.05, 3.63) is 80.9 Å². The fourth-order valence-electron chi connectivity index (χ4n) is 2.75. The molecule has 8 heteroatoms. The highest BCUT2D eigenvalue weighted by atomic mass is 16.6. The second kappa shape index (κ2) is 7.77. The zero-order chi connectivity index (χ0) is 19.4. The van der Waals surface area contributed by atoms with Crippen LogP contribution in [0.1, 0.15) is 18.4 Å². The van der Waals surface area contributed by atoms with Crippen LogP contribution >= 0.6 is 0 Å². The van der Waals surface area contributed by atoms with Crippen molar-refractivity contribution in [2.45, 2.75) is 19.4 Å². The van der Waals surface area contributed by atoms with Gasteiger partial charge in [0, 0.05) is 18.7 Å². The number of aromatic nitrogens is 2. The van der Waals surface area contributed by atoms with Crippen LogP contribution in [0.3, 0.4) is 0 Å². The van der Waals surface area contributed by atoms with Gasteiger partial charge in [-0.3, -0.25) is 24.3 Å². The van der Waals surface area contributed by atoms with E-state index in [4.69, 9.17) is 0 Å². The lowest BCUT2D eigenvalue weighted by Crippen LogP contribution is -2.34. The molecule has 1 amide bonds. The molecule has 2 aromatic carbocycles. The van der Waals surface area contributed by atoms with Crippen molar-refractivity contribution in [3.63, 3.8) is 0 Å². The minimum atomic E-state index is -0.575. The smallest absolute Gasteiger partial charge is 0.270 e. The zero-order valence-electron chi connectivity index (χ0n) is 14.7. The van der Waals surface area contributed by atoms with Crippen LogP contribution in [0.15, 0.2) is 59.7 Å². The van der Waals surface area contributed by atoms with Crippen molar-refractivity contribution in [2.75, 3.05) is 6.54 Å². The molecular formula is C19H18N4O4. The van der Waals surface area contributed by atoms with Gasteiger partial charge in [0.25, 0.3) is 11.2 Å². The first-order valence-electron chi connectivity index (χ1n) is 8.41. The van der Waals surface area contributed by atoms with E-state index in [1.165, 1.54) is 24.5 Å². The van der Waals surface area contributed by atoms with E-state index in [0.717, 1.165) is 10.1 Å². The number of nitro benzene ring substituents is 1. The van der Waals surface area contributed by atoms with Gasteiger partial charge in [0.15, 0.2) is 0 Å². The molecule has 0 radical (unpaired) electrons. The summed E-state index contributed by atoms with van der Waals surface area (Å²) in [5.41, 5.74) is 0.768. The van der Waals surface area contributed by atoms with Gasteiger partial charge < -0.3 is 5.32 Å². The van der Waals surface area contributed by atoms with Crippen LogP contribution in [0, 0.1) is 10.1 Å². The average Bonchev–Trinajstić information content (AvgIpc) is 2.68. The Hall–Kier alpha value is -3.55. The van der Waals surface area contributed by atoms with Crippen LogP contribution in [0.4, 0.5) is 5.69 Å². The highest BCUT2D eigenvalue weighted by Gasteiger charge is 2.13. The fraction of sp³-hybridized carbons (Fsp3) is 0.211. The number of benzene rings is 2. The third-order valence-corrected chi connectivity index (χ3v) is 4.31. The summed E-state index contributed by atoms with van der Waals surface area (Å²) in [6, 6.07) is 13.7. The Morgan fingerprint density at radius 3 is 2.70 bits per heavy atom. The fourth-order valence-corrected chi connectivity index (χ4v) is 2.75. The summed E-state index contributed by atoms with van der Waals surface area (Å²) in [6.07, 6.45) is 1.27. The highest BCUT2D eigenvalue weighted by Crippen LogP contribution is 2.16. The molecule has 1 atom stereocenters. The maximum atomic E-state index is 12.5. The van der Waals surface area contributed by atoms with Crippen molar-refractivity contribution < 1.29 is 9.72 Å². The lowest BCUT2D eigenvalue weighted by molar-refractivity contribution is -0.384. The number of fused-ring (bicyclic) bond motifs is 1. The van der Waals surface area contributed by atoms with E-state index in [9.17, 15) is 19.7 Å². The van der Waals surface area contributed by atoms with Gasteiger partial charge in [0.1, 0.15) is 6.54 Å². The van der Waals surface area contributed by atoms with Crippen LogP contribution in [0.25, 0.3) is 10.9 Å².